The second kappa shape index (κ2) is 11.3. The first-order valence-corrected chi connectivity index (χ1v) is 9.67. The molecule has 0 unspecified atom stereocenters. The molecule has 0 heterocycles. The zero-order valence-electron chi connectivity index (χ0n) is 17.6. The van der Waals surface area contributed by atoms with Gasteiger partial charge in [0.1, 0.15) is 23.0 Å². The quantitative estimate of drug-likeness (QED) is 0.309. The SMILES string of the molecule is COc1ccc(NC(=S)Nc2cc(OCC(F)(F)F)cc(OCC(F)(F)C(F)F)c2)c(OC)c1. The normalized spacial score (nSPS) is 11.7. The van der Waals surface area contributed by atoms with Crippen LogP contribution in [-0.2, 0) is 0 Å². The second-order valence-electron chi connectivity index (χ2n) is 6.59. The fraction of sp³-hybridized carbons (Fsp3) is 0.350. The van der Waals surface area contributed by atoms with Crippen LogP contribution in [0.1, 0.15) is 0 Å². The Morgan fingerprint density at radius 3 is 2.00 bits per heavy atom. The van der Waals surface area contributed by atoms with Crippen LogP contribution in [0.4, 0.5) is 42.1 Å². The predicted molar refractivity (Wildman–Crippen MR) is 114 cm³/mol. The topological polar surface area (TPSA) is 61.0 Å². The average Bonchev–Trinajstić information content (AvgIpc) is 2.76. The van der Waals surface area contributed by atoms with Gasteiger partial charge in [-0.25, -0.2) is 8.78 Å². The molecule has 0 atom stereocenters. The van der Waals surface area contributed by atoms with Crippen molar-refractivity contribution in [2.75, 3.05) is 38.1 Å². The fourth-order valence-corrected chi connectivity index (χ4v) is 2.63. The number of rotatable bonds is 10. The van der Waals surface area contributed by atoms with Gasteiger partial charge in [0.25, 0.3) is 0 Å². The first-order chi connectivity index (χ1) is 15.8. The summed E-state index contributed by atoms with van der Waals surface area (Å²) in [5, 5.41) is 5.34. The Labute approximate surface area is 194 Å². The van der Waals surface area contributed by atoms with Crippen LogP contribution in [0.2, 0.25) is 0 Å². The van der Waals surface area contributed by atoms with E-state index in [4.69, 9.17) is 21.7 Å². The predicted octanol–water partition coefficient (Wildman–Crippen LogP) is 5.73. The highest BCUT2D eigenvalue weighted by Crippen LogP contribution is 2.32. The van der Waals surface area contributed by atoms with Crippen molar-refractivity contribution in [3.63, 3.8) is 0 Å². The van der Waals surface area contributed by atoms with E-state index in [1.54, 1.807) is 18.2 Å². The maximum atomic E-state index is 13.2. The Hall–Kier alpha value is -3.16. The van der Waals surface area contributed by atoms with Crippen molar-refractivity contribution in [1.82, 2.24) is 0 Å². The number of ether oxygens (including phenoxy) is 4. The zero-order valence-corrected chi connectivity index (χ0v) is 18.5. The van der Waals surface area contributed by atoms with Gasteiger partial charge >= 0.3 is 18.5 Å². The van der Waals surface area contributed by atoms with Crippen molar-refractivity contribution in [3.05, 3.63) is 36.4 Å². The van der Waals surface area contributed by atoms with Crippen LogP contribution in [-0.4, -0.2) is 51.1 Å². The second-order valence-corrected chi connectivity index (χ2v) is 7.00. The number of methoxy groups -OCH3 is 2. The van der Waals surface area contributed by atoms with Crippen LogP contribution in [0, 0.1) is 0 Å². The monoisotopic (exact) mass is 516 g/mol. The highest BCUT2D eigenvalue weighted by molar-refractivity contribution is 7.80. The number of hydrogen-bond acceptors (Lipinski definition) is 5. The maximum absolute atomic E-state index is 13.2. The molecule has 0 saturated heterocycles. The Morgan fingerprint density at radius 2 is 1.47 bits per heavy atom. The molecule has 0 aliphatic rings. The number of anilines is 2. The minimum absolute atomic E-state index is 0.0278. The van der Waals surface area contributed by atoms with E-state index in [9.17, 15) is 30.7 Å². The lowest BCUT2D eigenvalue weighted by Crippen LogP contribution is -2.33. The molecule has 0 spiro atoms. The van der Waals surface area contributed by atoms with Crippen LogP contribution in [0.3, 0.4) is 0 Å². The summed E-state index contributed by atoms with van der Waals surface area (Å²) >= 11 is 5.17. The molecule has 0 saturated carbocycles. The lowest BCUT2D eigenvalue weighted by Gasteiger charge is -2.18. The smallest absolute Gasteiger partial charge is 0.422 e. The molecule has 0 radical (unpaired) electrons. The van der Waals surface area contributed by atoms with Gasteiger partial charge < -0.3 is 29.6 Å². The maximum Gasteiger partial charge on any atom is 0.422 e. The van der Waals surface area contributed by atoms with Gasteiger partial charge in [-0.1, -0.05) is 0 Å². The summed E-state index contributed by atoms with van der Waals surface area (Å²) in [6.07, 6.45) is -8.68. The number of thiocarbonyl (C=S) groups is 1. The number of halogens is 7. The van der Waals surface area contributed by atoms with Crippen molar-refractivity contribution in [2.45, 2.75) is 18.5 Å². The summed E-state index contributed by atoms with van der Waals surface area (Å²) in [4.78, 5) is 0. The van der Waals surface area contributed by atoms with Gasteiger partial charge in [0.15, 0.2) is 18.3 Å². The van der Waals surface area contributed by atoms with E-state index in [0.29, 0.717) is 17.2 Å². The molecule has 6 nitrogen and oxygen atoms in total. The summed E-state index contributed by atoms with van der Waals surface area (Å²) in [7, 11) is 2.86. The first-order valence-electron chi connectivity index (χ1n) is 9.26. The van der Waals surface area contributed by atoms with Gasteiger partial charge in [0.05, 0.1) is 19.9 Å². The van der Waals surface area contributed by atoms with E-state index in [1.807, 2.05) is 0 Å². The standard InChI is InChI=1S/C20H19F7N2O4S/c1-30-12-3-4-15(16(8-12)31-2)29-18(34)28-11-5-13(32-9-19(23,24)17(21)22)7-14(6-11)33-10-20(25,26)27/h3-8,17H,9-10H2,1-2H3,(H2,28,29,34). The zero-order chi connectivity index (χ0) is 25.5. The van der Waals surface area contributed by atoms with Crippen molar-refractivity contribution >= 4 is 28.7 Å². The molecule has 188 valence electrons. The molecule has 14 heteroatoms. The molecule has 2 rings (SSSR count). The highest BCUT2D eigenvalue weighted by Gasteiger charge is 2.41. The third-order valence-electron chi connectivity index (χ3n) is 3.95. The Bertz CT molecular complexity index is 990. The Morgan fingerprint density at radius 1 is 0.853 bits per heavy atom. The van der Waals surface area contributed by atoms with Crippen molar-refractivity contribution < 1.29 is 49.7 Å². The molecule has 2 aromatic rings. The molecule has 2 N–H and O–H groups in total. The number of alkyl halides is 7. The summed E-state index contributed by atoms with van der Waals surface area (Å²) < 4.78 is 108. The lowest BCUT2D eigenvalue weighted by atomic mass is 10.2. The van der Waals surface area contributed by atoms with Crippen LogP contribution in [0.15, 0.2) is 36.4 Å². The van der Waals surface area contributed by atoms with Gasteiger partial charge in [-0.3, -0.25) is 0 Å². The number of hydrogen-bond donors (Lipinski definition) is 2. The van der Waals surface area contributed by atoms with Crippen molar-refractivity contribution in [2.24, 2.45) is 0 Å². The minimum atomic E-state index is -4.69. The summed E-state index contributed by atoms with van der Waals surface area (Å²) in [6, 6.07) is 7.75. The largest absolute Gasteiger partial charge is 0.497 e. The van der Waals surface area contributed by atoms with Gasteiger partial charge in [0, 0.05) is 30.0 Å². The third kappa shape index (κ3) is 8.32. The average molecular weight is 516 g/mol. The van der Waals surface area contributed by atoms with Gasteiger partial charge in [-0.15, -0.1) is 0 Å². The minimum Gasteiger partial charge on any atom is -0.497 e. The van der Waals surface area contributed by atoms with E-state index >= 15 is 0 Å². The lowest BCUT2D eigenvalue weighted by molar-refractivity contribution is -0.153. The van der Waals surface area contributed by atoms with Gasteiger partial charge in [-0.2, -0.15) is 22.0 Å². The molecule has 0 bridgehead atoms. The van der Waals surface area contributed by atoms with Gasteiger partial charge in [0.2, 0.25) is 0 Å². The van der Waals surface area contributed by atoms with Gasteiger partial charge in [-0.05, 0) is 24.4 Å². The molecule has 0 aliphatic carbocycles. The van der Waals surface area contributed by atoms with Crippen molar-refractivity contribution in [1.29, 1.82) is 0 Å². The number of nitrogens with one attached hydrogen (secondary N) is 2. The van der Waals surface area contributed by atoms with E-state index in [1.165, 1.54) is 14.2 Å². The van der Waals surface area contributed by atoms with Crippen LogP contribution in [0.25, 0.3) is 0 Å². The molecule has 2 aromatic carbocycles. The molecular formula is C20H19F7N2O4S. The number of benzene rings is 2. The molecule has 0 amide bonds. The Balaban J connectivity index is 2.22. The molecule has 0 fully saturated rings. The molecule has 34 heavy (non-hydrogen) atoms. The third-order valence-corrected chi connectivity index (χ3v) is 4.15. The van der Waals surface area contributed by atoms with Crippen LogP contribution >= 0.6 is 12.2 Å². The summed E-state index contributed by atoms with van der Waals surface area (Å²) in [5.41, 5.74) is 0.373. The van der Waals surface area contributed by atoms with E-state index < -0.39 is 43.2 Å². The van der Waals surface area contributed by atoms with Crippen LogP contribution < -0.4 is 29.6 Å². The Kier molecular flexibility index (Phi) is 9.01. The van der Waals surface area contributed by atoms with E-state index in [2.05, 4.69) is 20.1 Å². The van der Waals surface area contributed by atoms with Crippen molar-refractivity contribution in [3.8, 4) is 23.0 Å². The molecular weight excluding hydrogens is 497 g/mol. The summed E-state index contributed by atoms with van der Waals surface area (Å²) in [5.74, 6) is -4.50. The van der Waals surface area contributed by atoms with E-state index in [0.717, 1.165) is 18.2 Å². The molecule has 0 aliphatic heterocycles. The summed E-state index contributed by atoms with van der Waals surface area (Å²) in [6.45, 7) is -3.40. The molecule has 0 aromatic heterocycles. The first kappa shape index (κ1) is 27.1. The highest BCUT2D eigenvalue weighted by atomic mass is 32.1. The van der Waals surface area contributed by atoms with E-state index in [-0.39, 0.29) is 10.8 Å². The fourth-order valence-electron chi connectivity index (χ4n) is 2.40. The van der Waals surface area contributed by atoms with Crippen LogP contribution in [0.5, 0.6) is 23.0 Å².